The maximum absolute atomic E-state index is 13.3. The Labute approximate surface area is 177 Å². The maximum atomic E-state index is 13.3. The van der Waals surface area contributed by atoms with Crippen molar-refractivity contribution in [2.45, 2.75) is 51.7 Å². The van der Waals surface area contributed by atoms with Crippen molar-refractivity contribution >= 4 is 11.9 Å². The number of aliphatic hydroxyl groups is 1. The fraction of sp³-hybridized carbons (Fsp3) is 0.417. The van der Waals surface area contributed by atoms with Crippen molar-refractivity contribution in [1.82, 2.24) is 10.2 Å². The SMILES string of the molecule is CCCCC1(c2ccccc2)NC(=O)N(CC(O)COc2cc(C)cc(C)c2)C1=O. The number of nitrogens with one attached hydrogen (secondary N) is 1. The van der Waals surface area contributed by atoms with Crippen LogP contribution in [0.1, 0.15) is 42.9 Å². The fourth-order valence-electron chi connectivity index (χ4n) is 3.94. The monoisotopic (exact) mass is 410 g/mol. The summed E-state index contributed by atoms with van der Waals surface area (Å²) in [7, 11) is 0. The molecule has 6 heteroatoms. The van der Waals surface area contributed by atoms with Crippen LogP contribution in [0.4, 0.5) is 4.79 Å². The Morgan fingerprint density at radius 2 is 1.77 bits per heavy atom. The molecule has 3 rings (SSSR count). The van der Waals surface area contributed by atoms with E-state index in [1.165, 1.54) is 0 Å². The number of hydrogen-bond donors (Lipinski definition) is 2. The molecule has 6 nitrogen and oxygen atoms in total. The Morgan fingerprint density at radius 1 is 1.10 bits per heavy atom. The topological polar surface area (TPSA) is 78.9 Å². The molecule has 1 fully saturated rings. The van der Waals surface area contributed by atoms with Crippen LogP contribution in [0, 0.1) is 13.8 Å². The van der Waals surface area contributed by atoms with E-state index in [0.29, 0.717) is 12.2 Å². The lowest BCUT2D eigenvalue weighted by atomic mass is 9.85. The summed E-state index contributed by atoms with van der Waals surface area (Å²) in [6.45, 7) is 5.88. The van der Waals surface area contributed by atoms with E-state index in [2.05, 4.69) is 5.32 Å². The molecule has 0 radical (unpaired) electrons. The molecule has 2 aromatic rings. The number of amides is 3. The van der Waals surface area contributed by atoms with Crippen LogP contribution >= 0.6 is 0 Å². The van der Waals surface area contributed by atoms with Crippen molar-refractivity contribution in [3.05, 3.63) is 65.2 Å². The molecule has 0 aromatic heterocycles. The molecule has 2 aromatic carbocycles. The highest BCUT2D eigenvalue weighted by Gasteiger charge is 2.52. The third-order valence-electron chi connectivity index (χ3n) is 5.38. The number of nitrogens with zero attached hydrogens (tertiary/aromatic N) is 1. The number of rotatable bonds is 9. The van der Waals surface area contributed by atoms with Crippen molar-refractivity contribution in [3.8, 4) is 5.75 Å². The molecule has 0 spiro atoms. The van der Waals surface area contributed by atoms with Gasteiger partial charge in [-0.05, 0) is 49.1 Å². The molecular weight excluding hydrogens is 380 g/mol. The summed E-state index contributed by atoms with van der Waals surface area (Å²) < 4.78 is 5.69. The lowest BCUT2D eigenvalue weighted by Gasteiger charge is -2.27. The standard InChI is InChI=1S/C24H30N2O4/c1-4-5-11-24(19-9-7-6-8-10-19)22(28)26(23(29)25-24)15-20(27)16-30-21-13-17(2)12-18(3)14-21/h6-10,12-14,20,27H,4-5,11,15-16H2,1-3H3,(H,25,29). The van der Waals surface area contributed by atoms with E-state index in [4.69, 9.17) is 4.74 Å². The average Bonchev–Trinajstić information content (AvgIpc) is 2.96. The molecule has 0 saturated carbocycles. The van der Waals surface area contributed by atoms with Gasteiger partial charge in [0.05, 0.1) is 6.54 Å². The summed E-state index contributed by atoms with van der Waals surface area (Å²) in [5.41, 5.74) is 1.82. The van der Waals surface area contributed by atoms with Gasteiger partial charge in [-0.2, -0.15) is 0 Å². The first-order chi connectivity index (χ1) is 14.4. The van der Waals surface area contributed by atoms with Gasteiger partial charge in [0.1, 0.15) is 24.0 Å². The number of urea groups is 1. The Bertz CT molecular complexity index is 879. The van der Waals surface area contributed by atoms with Crippen molar-refractivity contribution in [3.63, 3.8) is 0 Å². The van der Waals surface area contributed by atoms with E-state index in [1.807, 2.05) is 69.3 Å². The van der Waals surface area contributed by atoms with Gasteiger partial charge in [-0.1, -0.05) is 56.2 Å². The van der Waals surface area contributed by atoms with Crippen LogP contribution < -0.4 is 10.1 Å². The highest BCUT2D eigenvalue weighted by Crippen LogP contribution is 2.34. The highest BCUT2D eigenvalue weighted by molar-refractivity contribution is 6.07. The third kappa shape index (κ3) is 4.65. The second kappa shape index (κ2) is 9.30. The highest BCUT2D eigenvalue weighted by atomic mass is 16.5. The predicted octanol–water partition coefficient (Wildman–Crippen LogP) is 3.68. The molecule has 2 N–H and O–H groups in total. The van der Waals surface area contributed by atoms with Gasteiger partial charge < -0.3 is 15.2 Å². The number of benzene rings is 2. The zero-order valence-electron chi connectivity index (χ0n) is 17.9. The summed E-state index contributed by atoms with van der Waals surface area (Å²) in [4.78, 5) is 27.1. The fourth-order valence-corrected chi connectivity index (χ4v) is 3.94. The van der Waals surface area contributed by atoms with Gasteiger partial charge in [0.2, 0.25) is 0 Å². The van der Waals surface area contributed by atoms with E-state index in [-0.39, 0.29) is 19.1 Å². The molecular formula is C24H30N2O4. The second-order valence-corrected chi connectivity index (χ2v) is 8.01. The minimum absolute atomic E-state index is 0.00670. The Hall–Kier alpha value is -2.86. The molecule has 1 heterocycles. The summed E-state index contributed by atoms with van der Waals surface area (Å²) in [6.07, 6.45) is 1.24. The number of unbranched alkanes of at least 4 members (excludes halogenated alkanes) is 1. The molecule has 2 unspecified atom stereocenters. The number of ether oxygens (including phenoxy) is 1. The number of β-amino-alcohol motifs (C(OH)–C–C–N with tert-alkyl or cyclic N) is 1. The maximum Gasteiger partial charge on any atom is 0.325 e. The largest absolute Gasteiger partial charge is 0.491 e. The van der Waals surface area contributed by atoms with Crippen LogP contribution in [0.15, 0.2) is 48.5 Å². The zero-order valence-corrected chi connectivity index (χ0v) is 17.9. The molecule has 1 aliphatic heterocycles. The van der Waals surface area contributed by atoms with E-state index in [1.54, 1.807) is 0 Å². The van der Waals surface area contributed by atoms with Crippen LogP contribution in [0.5, 0.6) is 5.75 Å². The minimum Gasteiger partial charge on any atom is -0.491 e. The van der Waals surface area contributed by atoms with Crippen molar-refractivity contribution < 1.29 is 19.4 Å². The van der Waals surface area contributed by atoms with Crippen molar-refractivity contribution in [2.24, 2.45) is 0 Å². The smallest absolute Gasteiger partial charge is 0.325 e. The number of imide groups is 1. The van der Waals surface area contributed by atoms with Gasteiger partial charge in [0.15, 0.2) is 0 Å². The average molecular weight is 411 g/mol. The molecule has 1 saturated heterocycles. The molecule has 30 heavy (non-hydrogen) atoms. The Balaban J connectivity index is 1.71. The molecule has 2 atom stereocenters. The summed E-state index contributed by atoms with van der Waals surface area (Å²) in [6, 6.07) is 14.6. The van der Waals surface area contributed by atoms with Gasteiger partial charge in [-0.15, -0.1) is 0 Å². The predicted molar refractivity (Wildman–Crippen MR) is 115 cm³/mol. The van der Waals surface area contributed by atoms with Crippen LogP contribution in [0.2, 0.25) is 0 Å². The Kier molecular flexibility index (Phi) is 6.77. The van der Waals surface area contributed by atoms with Crippen LogP contribution in [-0.2, 0) is 10.3 Å². The van der Waals surface area contributed by atoms with E-state index < -0.39 is 17.7 Å². The number of aliphatic hydroxyl groups excluding tert-OH is 1. The molecule has 0 bridgehead atoms. The van der Waals surface area contributed by atoms with E-state index in [9.17, 15) is 14.7 Å². The first-order valence-corrected chi connectivity index (χ1v) is 10.4. The zero-order chi connectivity index (χ0) is 21.7. The normalized spacial score (nSPS) is 19.7. The molecule has 0 aliphatic carbocycles. The number of carbonyl (C=O) groups is 2. The molecule has 3 amide bonds. The second-order valence-electron chi connectivity index (χ2n) is 8.01. The number of hydrogen-bond acceptors (Lipinski definition) is 4. The lowest BCUT2D eigenvalue weighted by Crippen LogP contribution is -2.45. The lowest BCUT2D eigenvalue weighted by molar-refractivity contribution is -0.133. The van der Waals surface area contributed by atoms with E-state index >= 15 is 0 Å². The van der Waals surface area contributed by atoms with Crippen LogP contribution in [0.3, 0.4) is 0 Å². The summed E-state index contributed by atoms with van der Waals surface area (Å²) in [5.74, 6) is 0.336. The molecule has 1 aliphatic rings. The van der Waals surface area contributed by atoms with Gasteiger partial charge >= 0.3 is 6.03 Å². The molecule has 160 valence electrons. The van der Waals surface area contributed by atoms with Crippen molar-refractivity contribution in [1.29, 1.82) is 0 Å². The van der Waals surface area contributed by atoms with Gasteiger partial charge in [-0.25, -0.2) is 4.79 Å². The van der Waals surface area contributed by atoms with E-state index in [0.717, 1.165) is 34.4 Å². The first-order valence-electron chi connectivity index (χ1n) is 10.4. The summed E-state index contributed by atoms with van der Waals surface area (Å²) in [5, 5.41) is 13.4. The minimum atomic E-state index is -1.08. The van der Waals surface area contributed by atoms with Gasteiger partial charge in [-0.3, -0.25) is 9.69 Å². The van der Waals surface area contributed by atoms with Gasteiger partial charge in [0.25, 0.3) is 5.91 Å². The summed E-state index contributed by atoms with van der Waals surface area (Å²) >= 11 is 0. The van der Waals surface area contributed by atoms with Crippen molar-refractivity contribution in [2.75, 3.05) is 13.2 Å². The number of carbonyl (C=O) groups excluding carboxylic acids is 2. The van der Waals surface area contributed by atoms with Crippen LogP contribution in [-0.4, -0.2) is 41.2 Å². The Morgan fingerprint density at radius 3 is 2.40 bits per heavy atom. The third-order valence-corrected chi connectivity index (χ3v) is 5.38. The first kappa shape index (κ1) is 21.8. The quantitative estimate of drug-likeness (QED) is 0.618. The van der Waals surface area contributed by atoms with Crippen LogP contribution in [0.25, 0.3) is 0 Å². The number of aryl methyl sites for hydroxylation is 2. The van der Waals surface area contributed by atoms with Gasteiger partial charge in [0, 0.05) is 0 Å².